The van der Waals surface area contributed by atoms with Gasteiger partial charge in [-0.05, 0) is 30.7 Å². The van der Waals surface area contributed by atoms with E-state index in [-0.39, 0.29) is 5.44 Å². The lowest BCUT2D eigenvalue weighted by Crippen LogP contribution is -2.12. The Hall–Kier alpha value is -1.89. The van der Waals surface area contributed by atoms with Crippen molar-refractivity contribution in [2.75, 3.05) is 19.0 Å². The van der Waals surface area contributed by atoms with Crippen LogP contribution in [0, 0.1) is 0 Å². The minimum absolute atomic E-state index is 0.0165. The molecule has 0 saturated heterocycles. The van der Waals surface area contributed by atoms with Crippen molar-refractivity contribution < 1.29 is 9.15 Å². The summed E-state index contributed by atoms with van der Waals surface area (Å²) in [4.78, 5) is 12.9. The molecule has 0 amide bonds. The Balaban J connectivity index is 1.90. The number of hydrogen-bond acceptors (Lipinski definition) is 6. The van der Waals surface area contributed by atoms with Crippen molar-refractivity contribution in [3.63, 3.8) is 0 Å². The standard InChI is InChI=1S/C14H19N3O3S/c1-4-13(21-9-12-15-16-14(18)20-12)19-11-7-5-10(6-8-11)17(2)3/h5-8,13H,4,9H2,1-3H3,(H,16,18). The Morgan fingerprint density at radius 3 is 2.62 bits per heavy atom. The first kappa shape index (κ1) is 15.5. The summed E-state index contributed by atoms with van der Waals surface area (Å²) in [6.45, 7) is 2.05. The highest BCUT2D eigenvalue weighted by Gasteiger charge is 2.11. The molecule has 1 aromatic heterocycles. The first-order chi connectivity index (χ1) is 10.1. The van der Waals surface area contributed by atoms with E-state index in [0.29, 0.717) is 11.6 Å². The lowest BCUT2D eigenvalue weighted by atomic mass is 10.3. The molecule has 0 aliphatic heterocycles. The number of hydrogen-bond donors (Lipinski definition) is 1. The second kappa shape index (κ2) is 7.21. The molecule has 2 aromatic rings. The molecule has 6 nitrogen and oxygen atoms in total. The lowest BCUT2D eigenvalue weighted by Gasteiger charge is -2.17. The number of benzene rings is 1. The minimum atomic E-state index is -0.529. The van der Waals surface area contributed by atoms with Crippen LogP contribution in [-0.2, 0) is 5.75 Å². The highest BCUT2D eigenvalue weighted by molar-refractivity contribution is 7.99. The van der Waals surface area contributed by atoms with Crippen molar-refractivity contribution >= 4 is 17.4 Å². The maximum atomic E-state index is 10.9. The number of H-pyrrole nitrogens is 1. The van der Waals surface area contributed by atoms with Crippen molar-refractivity contribution in [2.45, 2.75) is 24.5 Å². The number of thioether (sulfide) groups is 1. The molecule has 114 valence electrons. The first-order valence-corrected chi connectivity index (χ1v) is 7.73. The van der Waals surface area contributed by atoms with Gasteiger partial charge in [0.15, 0.2) is 0 Å². The summed E-state index contributed by atoms with van der Waals surface area (Å²) in [6, 6.07) is 7.93. The molecular formula is C14H19N3O3S. The molecule has 2 rings (SSSR count). The monoisotopic (exact) mass is 309 g/mol. The van der Waals surface area contributed by atoms with Crippen LogP contribution >= 0.6 is 11.8 Å². The summed E-state index contributed by atoms with van der Waals surface area (Å²) < 4.78 is 10.8. The quantitative estimate of drug-likeness (QED) is 0.792. The predicted molar refractivity (Wildman–Crippen MR) is 83.9 cm³/mol. The van der Waals surface area contributed by atoms with Gasteiger partial charge in [0.1, 0.15) is 11.2 Å². The molecule has 0 radical (unpaired) electrons. The second-order valence-electron chi connectivity index (χ2n) is 4.66. The summed E-state index contributed by atoms with van der Waals surface area (Å²) in [6.07, 6.45) is 0.842. The molecule has 1 aromatic carbocycles. The first-order valence-electron chi connectivity index (χ1n) is 6.68. The van der Waals surface area contributed by atoms with Gasteiger partial charge in [-0.25, -0.2) is 9.89 Å². The van der Waals surface area contributed by atoms with Gasteiger partial charge in [0, 0.05) is 19.8 Å². The number of rotatable bonds is 7. The Morgan fingerprint density at radius 1 is 1.38 bits per heavy atom. The average molecular weight is 309 g/mol. The number of nitrogens with one attached hydrogen (secondary N) is 1. The molecule has 21 heavy (non-hydrogen) atoms. The van der Waals surface area contributed by atoms with E-state index in [1.807, 2.05) is 50.2 Å². The zero-order chi connectivity index (χ0) is 15.2. The third kappa shape index (κ3) is 4.56. The van der Waals surface area contributed by atoms with Gasteiger partial charge in [-0.1, -0.05) is 6.92 Å². The number of anilines is 1. The molecule has 7 heteroatoms. The second-order valence-corrected chi connectivity index (χ2v) is 5.81. The molecular weight excluding hydrogens is 290 g/mol. The van der Waals surface area contributed by atoms with Crippen LogP contribution in [0.1, 0.15) is 19.2 Å². The third-order valence-corrected chi connectivity index (χ3v) is 4.04. The molecule has 0 fully saturated rings. The fourth-order valence-electron chi connectivity index (χ4n) is 1.70. The van der Waals surface area contributed by atoms with Gasteiger partial charge in [-0.3, -0.25) is 0 Å². The van der Waals surface area contributed by atoms with Crippen molar-refractivity contribution in [3.05, 3.63) is 40.7 Å². The van der Waals surface area contributed by atoms with Gasteiger partial charge in [0.05, 0.1) is 5.75 Å². The summed E-state index contributed by atoms with van der Waals surface area (Å²) in [5.41, 5.74) is 1.11. The van der Waals surface area contributed by atoms with E-state index in [9.17, 15) is 4.79 Å². The van der Waals surface area contributed by atoms with Crippen LogP contribution in [0.25, 0.3) is 0 Å². The van der Waals surface area contributed by atoms with E-state index in [1.54, 1.807) is 11.8 Å². The summed E-state index contributed by atoms with van der Waals surface area (Å²) in [5.74, 6) is 1.17. The maximum Gasteiger partial charge on any atom is 0.434 e. The summed E-state index contributed by atoms with van der Waals surface area (Å²) in [5, 5.41) is 6.02. The van der Waals surface area contributed by atoms with Crippen LogP contribution in [0.3, 0.4) is 0 Å². The summed E-state index contributed by atoms with van der Waals surface area (Å²) >= 11 is 1.55. The number of ether oxygens (including phenoxy) is 1. The van der Waals surface area contributed by atoms with Crippen LogP contribution in [0.5, 0.6) is 5.75 Å². The van der Waals surface area contributed by atoms with Gasteiger partial charge >= 0.3 is 5.76 Å². The van der Waals surface area contributed by atoms with E-state index in [0.717, 1.165) is 17.9 Å². The molecule has 0 saturated carbocycles. The van der Waals surface area contributed by atoms with Crippen LogP contribution in [0.15, 0.2) is 33.5 Å². The average Bonchev–Trinajstić information content (AvgIpc) is 2.89. The highest BCUT2D eigenvalue weighted by atomic mass is 32.2. The molecule has 0 bridgehead atoms. The zero-order valence-corrected chi connectivity index (χ0v) is 13.1. The van der Waals surface area contributed by atoms with Crippen molar-refractivity contribution in [2.24, 2.45) is 0 Å². The largest absolute Gasteiger partial charge is 0.480 e. The van der Waals surface area contributed by atoms with E-state index in [4.69, 9.17) is 9.15 Å². The Bertz CT molecular complexity index is 606. The molecule has 1 N–H and O–H groups in total. The van der Waals surface area contributed by atoms with E-state index in [1.165, 1.54) is 0 Å². The predicted octanol–water partition coefficient (Wildman–Crippen LogP) is 2.48. The third-order valence-electron chi connectivity index (χ3n) is 2.83. The lowest BCUT2D eigenvalue weighted by molar-refractivity contribution is 0.283. The fraction of sp³-hybridized carbons (Fsp3) is 0.429. The molecule has 1 unspecified atom stereocenters. The van der Waals surface area contributed by atoms with E-state index >= 15 is 0 Å². The molecule has 1 atom stereocenters. The van der Waals surface area contributed by atoms with Gasteiger partial charge in [-0.2, -0.15) is 0 Å². The smallest absolute Gasteiger partial charge is 0.434 e. The fourth-order valence-corrected chi connectivity index (χ4v) is 2.56. The van der Waals surface area contributed by atoms with Crippen LogP contribution < -0.4 is 15.4 Å². The molecule has 0 aliphatic rings. The van der Waals surface area contributed by atoms with Gasteiger partial charge in [0.25, 0.3) is 0 Å². The Morgan fingerprint density at radius 2 is 2.10 bits per heavy atom. The normalized spacial score (nSPS) is 12.1. The molecule has 1 heterocycles. The number of aromatic amines is 1. The zero-order valence-electron chi connectivity index (χ0n) is 12.3. The number of aromatic nitrogens is 2. The molecule has 0 spiro atoms. The van der Waals surface area contributed by atoms with Crippen molar-refractivity contribution in [1.29, 1.82) is 0 Å². The Labute approximate surface area is 127 Å². The van der Waals surface area contributed by atoms with Crippen molar-refractivity contribution in [1.82, 2.24) is 10.2 Å². The minimum Gasteiger partial charge on any atom is -0.480 e. The number of nitrogens with zero attached hydrogens (tertiary/aromatic N) is 2. The van der Waals surface area contributed by atoms with E-state index < -0.39 is 5.76 Å². The van der Waals surface area contributed by atoms with Crippen LogP contribution in [0.2, 0.25) is 0 Å². The van der Waals surface area contributed by atoms with Gasteiger partial charge < -0.3 is 14.1 Å². The van der Waals surface area contributed by atoms with Crippen LogP contribution in [0.4, 0.5) is 5.69 Å². The van der Waals surface area contributed by atoms with Crippen LogP contribution in [-0.4, -0.2) is 29.7 Å². The van der Waals surface area contributed by atoms with Gasteiger partial charge in [-0.15, -0.1) is 16.9 Å². The Kier molecular flexibility index (Phi) is 5.32. The topological polar surface area (TPSA) is 71.4 Å². The SMILES string of the molecule is CCC(Oc1ccc(N(C)C)cc1)SCc1n[nH]c(=O)o1. The van der Waals surface area contributed by atoms with E-state index in [2.05, 4.69) is 10.2 Å². The van der Waals surface area contributed by atoms with Crippen molar-refractivity contribution in [3.8, 4) is 5.75 Å². The molecule has 0 aliphatic carbocycles. The highest BCUT2D eigenvalue weighted by Crippen LogP contribution is 2.25. The maximum absolute atomic E-state index is 10.9. The summed E-state index contributed by atoms with van der Waals surface area (Å²) in [7, 11) is 4.00. The van der Waals surface area contributed by atoms with Gasteiger partial charge in [0.2, 0.25) is 5.89 Å².